The minimum absolute atomic E-state index is 0.174. The molecule has 0 aliphatic heterocycles. The average Bonchev–Trinajstić information content (AvgIpc) is 2.56. The molecule has 0 aliphatic rings. The van der Waals surface area contributed by atoms with Crippen LogP contribution in [0.25, 0.3) is 0 Å². The average molecular weight is 395 g/mol. The van der Waals surface area contributed by atoms with Crippen molar-refractivity contribution in [2.24, 2.45) is 0 Å². The number of nitro groups is 1. The molecule has 7 nitrogen and oxygen atoms in total. The molecule has 0 saturated heterocycles. The monoisotopic (exact) mass is 394 g/mol. The number of carbonyl (C=O) groups is 1. The van der Waals surface area contributed by atoms with Gasteiger partial charge in [-0.05, 0) is 46.6 Å². The molecule has 0 saturated carbocycles. The SMILES string of the molecule is COc1cc(C)c(NC(=O)c2ccc(Br)c([N+](=O)[O-])c2)cc1OC. The molecule has 1 N–H and O–H groups in total. The third-order valence-corrected chi connectivity index (χ3v) is 4.05. The van der Waals surface area contributed by atoms with Crippen LogP contribution in [0.15, 0.2) is 34.8 Å². The fourth-order valence-corrected chi connectivity index (χ4v) is 2.49. The summed E-state index contributed by atoms with van der Waals surface area (Å²) in [6.45, 7) is 1.81. The predicted molar refractivity (Wildman–Crippen MR) is 93.0 cm³/mol. The second-order valence-electron chi connectivity index (χ2n) is 4.90. The second-order valence-corrected chi connectivity index (χ2v) is 5.75. The fraction of sp³-hybridized carbons (Fsp3) is 0.188. The Morgan fingerprint density at radius 1 is 1.17 bits per heavy atom. The highest BCUT2D eigenvalue weighted by atomic mass is 79.9. The maximum absolute atomic E-state index is 12.4. The van der Waals surface area contributed by atoms with Crippen molar-refractivity contribution in [2.75, 3.05) is 19.5 Å². The van der Waals surface area contributed by atoms with Crippen LogP contribution in [0.5, 0.6) is 11.5 Å². The van der Waals surface area contributed by atoms with Crippen molar-refractivity contribution in [3.05, 3.63) is 56.0 Å². The number of halogens is 1. The lowest BCUT2D eigenvalue weighted by atomic mass is 10.1. The van der Waals surface area contributed by atoms with Crippen molar-refractivity contribution < 1.29 is 19.2 Å². The van der Waals surface area contributed by atoms with Gasteiger partial charge in [-0.15, -0.1) is 0 Å². The largest absolute Gasteiger partial charge is 0.493 e. The third kappa shape index (κ3) is 3.65. The Balaban J connectivity index is 2.33. The number of nitro benzene ring substituents is 1. The molecule has 1 amide bonds. The first kappa shape index (κ1) is 17.7. The minimum Gasteiger partial charge on any atom is -0.493 e. The van der Waals surface area contributed by atoms with Crippen LogP contribution in [0.2, 0.25) is 0 Å². The molecule has 24 heavy (non-hydrogen) atoms. The van der Waals surface area contributed by atoms with E-state index in [1.54, 1.807) is 12.1 Å². The van der Waals surface area contributed by atoms with Crippen molar-refractivity contribution in [1.29, 1.82) is 0 Å². The summed E-state index contributed by atoms with van der Waals surface area (Å²) in [6.07, 6.45) is 0. The van der Waals surface area contributed by atoms with Gasteiger partial charge in [0.25, 0.3) is 11.6 Å². The van der Waals surface area contributed by atoms with E-state index >= 15 is 0 Å². The standard InChI is InChI=1S/C16H15BrN2O5/c1-9-6-14(23-2)15(24-3)8-12(9)18-16(20)10-4-5-11(17)13(7-10)19(21)22/h4-8H,1-3H3,(H,18,20). The highest BCUT2D eigenvalue weighted by Crippen LogP contribution is 2.33. The first-order chi connectivity index (χ1) is 11.4. The van der Waals surface area contributed by atoms with Gasteiger partial charge in [-0.1, -0.05) is 0 Å². The molecule has 0 radical (unpaired) electrons. The molecular formula is C16H15BrN2O5. The van der Waals surface area contributed by atoms with Gasteiger partial charge in [0.05, 0.1) is 23.6 Å². The zero-order valence-corrected chi connectivity index (χ0v) is 14.8. The van der Waals surface area contributed by atoms with Gasteiger partial charge in [-0.3, -0.25) is 14.9 Å². The molecule has 0 aromatic heterocycles. The van der Waals surface area contributed by atoms with E-state index in [9.17, 15) is 14.9 Å². The predicted octanol–water partition coefficient (Wildman–Crippen LogP) is 3.94. The molecule has 2 aromatic rings. The zero-order valence-electron chi connectivity index (χ0n) is 13.3. The smallest absolute Gasteiger partial charge is 0.284 e. The molecule has 2 aromatic carbocycles. The van der Waals surface area contributed by atoms with E-state index in [4.69, 9.17) is 9.47 Å². The highest BCUT2D eigenvalue weighted by molar-refractivity contribution is 9.10. The van der Waals surface area contributed by atoms with Crippen molar-refractivity contribution in [1.82, 2.24) is 0 Å². The number of anilines is 1. The molecule has 0 aliphatic carbocycles. The van der Waals surface area contributed by atoms with Gasteiger partial charge in [0, 0.05) is 23.4 Å². The van der Waals surface area contributed by atoms with E-state index < -0.39 is 10.8 Å². The van der Waals surface area contributed by atoms with Gasteiger partial charge in [0.15, 0.2) is 11.5 Å². The van der Waals surface area contributed by atoms with Crippen molar-refractivity contribution in [3.63, 3.8) is 0 Å². The number of hydrogen-bond acceptors (Lipinski definition) is 5. The summed E-state index contributed by atoms with van der Waals surface area (Å²) < 4.78 is 10.7. The Labute approximate surface area is 146 Å². The summed E-state index contributed by atoms with van der Waals surface area (Å²) >= 11 is 3.09. The molecule has 0 bridgehead atoms. The van der Waals surface area contributed by atoms with Crippen LogP contribution in [0.1, 0.15) is 15.9 Å². The number of hydrogen-bond donors (Lipinski definition) is 1. The van der Waals surface area contributed by atoms with Crippen LogP contribution >= 0.6 is 15.9 Å². The summed E-state index contributed by atoms with van der Waals surface area (Å²) in [5, 5.41) is 13.7. The van der Waals surface area contributed by atoms with Crippen molar-refractivity contribution >= 4 is 33.2 Å². The van der Waals surface area contributed by atoms with Gasteiger partial charge >= 0.3 is 0 Å². The van der Waals surface area contributed by atoms with Gasteiger partial charge < -0.3 is 14.8 Å². The number of amides is 1. The molecule has 0 spiro atoms. The summed E-state index contributed by atoms with van der Waals surface area (Å²) in [5.41, 5.74) is 1.31. The number of carbonyl (C=O) groups excluding carboxylic acids is 1. The second kappa shape index (κ2) is 7.31. The lowest BCUT2D eigenvalue weighted by molar-refractivity contribution is -0.385. The normalized spacial score (nSPS) is 10.2. The first-order valence-electron chi connectivity index (χ1n) is 6.85. The van der Waals surface area contributed by atoms with Crippen LogP contribution in [0.3, 0.4) is 0 Å². The summed E-state index contributed by atoms with van der Waals surface area (Å²) in [6, 6.07) is 7.56. The lowest BCUT2D eigenvalue weighted by Crippen LogP contribution is -2.13. The van der Waals surface area contributed by atoms with E-state index in [-0.39, 0.29) is 11.3 Å². The van der Waals surface area contributed by atoms with E-state index in [0.29, 0.717) is 21.7 Å². The number of methoxy groups -OCH3 is 2. The number of rotatable bonds is 5. The van der Waals surface area contributed by atoms with Crippen LogP contribution in [-0.4, -0.2) is 25.1 Å². The highest BCUT2D eigenvalue weighted by Gasteiger charge is 2.17. The molecule has 2 rings (SSSR count). The zero-order chi connectivity index (χ0) is 17.9. The molecular weight excluding hydrogens is 380 g/mol. The Morgan fingerprint density at radius 3 is 2.38 bits per heavy atom. The van der Waals surface area contributed by atoms with Crippen LogP contribution in [-0.2, 0) is 0 Å². The van der Waals surface area contributed by atoms with Gasteiger partial charge in [-0.25, -0.2) is 0 Å². The summed E-state index contributed by atoms with van der Waals surface area (Å²) in [4.78, 5) is 22.8. The Hall–Kier alpha value is -2.61. The number of nitrogens with zero attached hydrogens (tertiary/aromatic N) is 1. The maximum Gasteiger partial charge on any atom is 0.284 e. The van der Waals surface area contributed by atoms with E-state index in [1.165, 1.54) is 32.4 Å². The maximum atomic E-state index is 12.4. The molecule has 0 heterocycles. The van der Waals surface area contributed by atoms with Crippen molar-refractivity contribution in [2.45, 2.75) is 6.92 Å². The van der Waals surface area contributed by atoms with Gasteiger partial charge in [0.1, 0.15) is 0 Å². The molecule has 8 heteroatoms. The third-order valence-electron chi connectivity index (χ3n) is 3.38. The number of benzene rings is 2. The van der Waals surface area contributed by atoms with Crippen LogP contribution in [0, 0.1) is 17.0 Å². The number of aryl methyl sites for hydroxylation is 1. The summed E-state index contributed by atoms with van der Waals surface area (Å²) in [7, 11) is 3.02. The quantitative estimate of drug-likeness (QED) is 0.612. The first-order valence-corrected chi connectivity index (χ1v) is 7.64. The van der Waals surface area contributed by atoms with Crippen molar-refractivity contribution in [3.8, 4) is 11.5 Å². The van der Waals surface area contributed by atoms with Gasteiger partial charge in [-0.2, -0.15) is 0 Å². The summed E-state index contributed by atoms with van der Waals surface area (Å²) in [5.74, 6) is 0.563. The van der Waals surface area contributed by atoms with E-state index in [1.807, 2.05) is 6.92 Å². The topological polar surface area (TPSA) is 90.7 Å². The Kier molecular flexibility index (Phi) is 5.40. The molecule has 126 valence electrons. The Morgan fingerprint density at radius 2 is 1.79 bits per heavy atom. The lowest BCUT2D eigenvalue weighted by Gasteiger charge is -2.13. The molecule has 0 fully saturated rings. The van der Waals surface area contributed by atoms with Crippen LogP contribution in [0.4, 0.5) is 11.4 Å². The number of ether oxygens (including phenoxy) is 2. The molecule has 0 atom stereocenters. The van der Waals surface area contributed by atoms with Gasteiger partial charge in [0.2, 0.25) is 0 Å². The van der Waals surface area contributed by atoms with E-state index in [0.717, 1.165) is 5.56 Å². The molecule has 0 unspecified atom stereocenters. The van der Waals surface area contributed by atoms with E-state index in [2.05, 4.69) is 21.2 Å². The van der Waals surface area contributed by atoms with Crippen LogP contribution < -0.4 is 14.8 Å². The number of nitrogens with one attached hydrogen (secondary N) is 1. The minimum atomic E-state index is -0.553. The fourth-order valence-electron chi connectivity index (χ4n) is 2.10. The Bertz CT molecular complexity index is 807.